The van der Waals surface area contributed by atoms with Crippen LogP contribution in [0.5, 0.6) is 0 Å². The number of carbonyl (C=O) groups excluding carboxylic acids is 2. The Morgan fingerprint density at radius 2 is 1.95 bits per heavy atom. The molecule has 1 unspecified atom stereocenters. The molecule has 0 aliphatic heterocycles. The molecule has 5 N–H and O–H groups in total. The normalized spacial score (nSPS) is 12.0. The number of anilines is 1. The Hall–Kier alpha value is -2.09. The maximum atomic E-state index is 12.1. The maximum absolute atomic E-state index is 12.1. The van der Waals surface area contributed by atoms with Crippen LogP contribution in [0.25, 0.3) is 0 Å². The van der Waals surface area contributed by atoms with Crippen LogP contribution in [-0.4, -0.2) is 29.1 Å². The predicted molar refractivity (Wildman–Crippen MR) is 76.0 cm³/mol. The van der Waals surface area contributed by atoms with Gasteiger partial charge < -0.3 is 21.5 Å². The summed E-state index contributed by atoms with van der Waals surface area (Å²) < 4.78 is 0. The van der Waals surface area contributed by atoms with Crippen LogP contribution in [0, 0.1) is 12.8 Å². The fourth-order valence-electron chi connectivity index (χ4n) is 1.64. The van der Waals surface area contributed by atoms with Crippen molar-refractivity contribution in [3.63, 3.8) is 0 Å². The molecule has 1 rings (SSSR count). The molecule has 0 radical (unpaired) electrons. The topological polar surface area (TPSA) is 122 Å². The third-order valence-corrected chi connectivity index (χ3v) is 3.75. The van der Waals surface area contributed by atoms with Gasteiger partial charge >= 0.3 is 12.0 Å². The highest BCUT2D eigenvalue weighted by Crippen LogP contribution is 2.26. The molecule has 7 nitrogen and oxygen atoms in total. The fourth-order valence-corrected chi connectivity index (χ4v) is 2.56. The Kier molecular flexibility index (Phi) is 5.09. The van der Waals surface area contributed by atoms with E-state index < -0.39 is 23.9 Å². The number of nitrogens with two attached hydrogens (primary N) is 1. The predicted octanol–water partition coefficient (Wildman–Crippen LogP) is 1.39. The van der Waals surface area contributed by atoms with E-state index in [1.165, 1.54) is 0 Å². The number of rotatable bonds is 5. The molecule has 3 amide bonds. The number of hydrogen-bond acceptors (Lipinski definition) is 4. The van der Waals surface area contributed by atoms with E-state index in [-0.39, 0.29) is 10.8 Å². The van der Waals surface area contributed by atoms with Crippen LogP contribution in [0.1, 0.15) is 29.1 Å². The first-order chi connectivity index (χ1) is 9.22. The molecule has 20 heavy (non-hydrogen) atoms. The molecule has 0 aromatic carbocycles. The molecule has 1 heterocycles. The molecule has 0 aliphatic rings. The van der Waals surface area contributed by atoms with Crippen LogP contribution < -0.4 is 16.4 Å². The molecule has 0 bridgehead atoms. The molecule has 8 heteroatoms. The summed E-state index contributed by atoms with van der Waals surface area (Å²) in [6.45, 7) is 5.18. The van der Waals surface area contributed by atoms with Crippen LogP contribution in [0.4, 0.5) is 9.80 Å². The van der Waals surface area contributed by atoms with Gasteiger partial charge in [0.05, 0.1) is 5.00 Å². The summed E-state index contributed by atoms with van der Waals surface area (Å²) in [5.41, 5.74) is 5.60. The van der Waals surface area contributed by atoms with Gasteiger partial charge in [-0.3, -0.25) is 4.79 Å². The average Bonchev–Trinajstić information content (AvgIpc) is 2.66. The summed E-state index contributed by atoms with van der Waals surface area (Å²) in [7, 11) is 0. The first kappa shape index (κ1) is 16.0. The Balaban J connectivity index is 2.85. The van der Waals surface area contributed by atoms with Gasteiger partial charge in [-0.15, -0.1) is 11.3 Å². The number of aryl methyl sites for hydroxylation is 1. The van der Waals surface area contributed by atoms with Crippen molar-refractivity contribution < 1.29 is 19.5 Å². The van der Waals surface area contributed by atoms with Gasteiger partial charge in [0.15, 0.2) is 0 Å². The van der Waals surface area contributed by atoms with Crippen LogP contribution >= 0.6 is 11.3 Å². The van der Waals surface area contributed by atoms with Crippen molar-refractivity contribution in [1.29, 1.82) is 0 Å². The third kappa shape index (κ3) is 3.95. The zero-order valence-electron chi connectivity index (χ0n) is 11.4. The lowest BCUT2D eigenvalue weighted by Gasteiger charge is -2.19. The molecule has 0 saturated heterocycles. The average molecular weight is 299 g/mol. The number of carbonyl (C=O) groups is 3. The number of aromatic carboxylic acids is 1. The van der Waals surface area contributed by atoms with Crippen LogP contribution in [-0.2, 0) is 4.79 Å². The van der Waals surface area contributed by atoms with Crippen molar-refractivity contribution in [2.75, 3.05) is 5.32 Å². The van der Waals surface area contributed by atoms with Gasteiger partial charge in [0.25, 0.3) is 0 Å². The summed E-state index contributed by atoms with van der Waals surface area (Å²) in [5.74, 6) is -1.62. The van der Waals surface area contributed by atoms with E-state index in [0.29, 0.717) is 10.6 Å². The van der Waals surface area contributed by atoms with E-state index in [1.54, 1.807) is 26.8 Å². The number of carboxylic acid groups (broad SMARTS) is 1. The minimum atomic E-state index is -1.04. The van der Waals surface area contributed by atoms with Crippen LogP contribution in [0.3, 0.4) is 0 Å². The van der Waals surface area contributed by atoms with Gasteiger partial charge in [-0.1, -0.05) is 13.8 Å². The first-order valence-corrected chi connectivity index (χ1v) is 6.74. The molecule has 110 valence electrons. The van der Waals surface area contributed by atoms with Gasteiger partial charge in [-0.25, -0.2) is 9.59 Å². The minimum Gasteiger partial charge on any atom is -0.477 e. The number of nitrogens with one attached hydrogen (secondary N) is 2. The smallest absolute Gasteiger partial charge is 0.346 e. The van der Waals surface area contributed by atoms with E-state index in [9.17, 15) is 14.4 Å². The highest BCUT2D eigenvalue weighted by Gasteiger charge is 2.24. The summed E-state index contributed by atoms with van der Waals surface area (Å²) in [5, 5.41) is 14.3. The van der Waals surface area contributed by atoms with Crippen molar-refractivity contribution in [3.05, 3.63) is 16.5 Å². The molecular weight excluding hydrogens is 282 g/mol. The van der Waals surface area contributed by atoms with Crippen molar-refractivity contribution in [2.24, 2.45) is 11.7 Å². The highest BCUT2D eigenvalue weighted by atomic mass is 32.1. The summed E-state index contributed by atoms with van der Waals surface area (Å²) >= 11 is 0.968. The maximum Gasteiger partial charge on any atom is 0.346 e. The quantitative estimate of drug-likeness (QED) is 0.656. The highest BCUT2D eigenvalue weighted by molar-refractivity contribution is 7.18. The number of amides is 3. The van der Waals surface area contributed by atoms with Gasteiger partial charge in [0.2, 0.25) is 5.91 Å². The SMILES string of the molecule is Cc1cc(NC(=O)C(NC(N)=O)C(C)C)sc1C(=O)O. The lowest BCUT2D eigenvalue weighted by Crippen LogP contribution is -2.48. The second-order valence-electron chi connectivity index (χ2n) is 4.65. The molecule has 1 aromatic heterocycles. The Morgan fingerprint density at radius 1 is 1.35 bits per heavy atom. The summed E-state index contributed by atoms with van der Waals surface area (Å²) in [6.07, 6.45) is 0. The van der Waals surface area contributed by atoms with E-state index in [4.69, 9.17) is 10.8 Å². The molecule has 0 aliphatic carbocycles. The first-order valence-electron chi connectivity index (χ1n) is 5.93. The van der Waals surface area contributed by atoms with Crippen molar-refractivity contribution in [3.8, 4) is 0 Å². The Morgan fingerprint density at radius 3 is 2.35 bits per heavy atom. The lowest BCUT2D eigenvalue weighted by atomic mass is 10.0. The third-order valence-electron chi connectivity index (χ3n) is 2.61. The molecular formula is C12H17N3O4S. The van der Waals surface area contributed by atoms with E-state index >= 15 is 0 Å². The molecule has 1 atom stereocenters. The van der Waals surface area contributed by atoms with Gasteiger partial charge in [0.1, 0.15) is 10.9 Å². The number of hydrogen-bond donors (Lipinski definition) is 4. The van der Waals surface area contributed by atoms with E-state index in [0.717, 1.165) is 11.3 Å². The van der Waals surface area contributed by atoms with Gasteiger partial charge in [-0.05, 0) is 24.5 Å². The minimum absolute atomic E-state index is 0.150. The lowest BCUT2D eigenvalue weighted by molar-refractivity contribution is -0.118. The standard InChI is InChI=1S/C12H17N3O4S/c1-5(2)8(15-12(13)19)10(16)14-7-4-6(3)9(20-7)11(17)18/h4-5,8H,1-3H3,(H,14,16)(H,17,18)(H3,13,15,19). The monoisotopic (exact) mass is 299 g/mol. The van der Waals surface area contributed by atoms with Gasteiger partial charge in [-0.2, -0.15) is 0 Å². The summed E-state index contributed by atoms with van der Waals surface area (Å²) in [4.78, 5) is 34.0. The number of carboxylic acids is 1. The van der Waals surface area contributed by atoms with Crippen molar-refractivity contribution >= 4 is 34.2 Å². The fraction of sp³-hybridized carbons (Fsp3) is 0.417. The second kappa shape index (κ2) is 6.38. The number of primary amides is 1. The largest absolute Gasteiger partial charge is 0.477 e. The number of urea groups is 1. The molecule has 0 saturated carbocycles. The van der Waals surface area contributed by atoms with Gasteiger partial charge in [0, 0.05) is 0 Å². The van der Waals surface area contributed by atoms with Crippen LogP contribution in [0.2, 0.25) is 0 Å². The van der Waals surface area contributed by atoms with Crippen molar-refractivity contribution in [1.82, 2.24) is 5.32 Å². The zero-order chi connectivity index (χ0) is 15.4. The van der Waals surface area contributed by atoms with E-state index in [2.05, 4.69) is 10.6 Å². The molecule has 0 fully saturated rings. The Bertz CT molecular complexity index is 539. The second-order valence-corrected chi connectivity index (χ2v) is 5.70. The van der Waals surface area contributed by atoms with Crippen molar-refractivity contribution in [2.45, 2.75) is 26.8 Å². The molecule has 1 aromatic rings. The summed E-state index contributed by atoms with van der Waals surface area (Å²) in [6, 6.07) is 0.0174. The van der Waals surface area contributed by atoms with E-state index in [1.807, 2.05) is 0 Å². The van der Waals surface area contributed by atoms with Crippen LogP contribution in [0.15, 0.2) is 6.07 Å². The number of thiophene rings is 1. The molecule has 0 spiro atoms. The Labute approximate surface area is 120 Å². The zero-order valence-corrected chi connectivity index (χ0v) is 12.2.